The van der Waals surface area contributed by atoms with E-state index in [1.165, 1.54) is 27.8 Å². The Hall–Kier alpha value is -3.04. The van der Waals surface area contributed by atoms with Gasteiger partial charge in [-0.15, -0.1) is 0 Å². The summed E-state index contributed by atoms with van der Waals surface area (Å²) in [6, 6.07) is 16.8. The molecule has 28 heavy (non-hydrogen) atoms. The van der Waals surface area contributed by atoms with Gasteiger partial charge in [-0.1, -0.05) is 56.0 Å². The van der Waals surface area contributed by atoms with Crippen LogP contribution in [0.25, 0.3) is 16.5 Å². The van der Waals surface area contributed by atoms with Crippen molar-refractivity contribution >= 4 is 22.2 Å². The molecule has 0 radical (unpaired) electrons. The lowest BCUT2D eigenvalue weighted by molar-refractivity contribution is 0.785. The molecule has 0 aliphatic carbocycles. The SMILES string of the molecule is C=C/C(=C\C(=C/C)c1ccc(N)c(Cc2cc3ccccc3[nH]2)c1)CNCC. The van der Waals surface area contributed by atoms with Crippen LogP contribution in [0.2, 0.25) is 0 Å². The van der Waals surface area contributed by atoms with E-state index < -0.39 is 0 Å². The van der Waals surface area contributed by atoms with Crippen LogP contribution in [0.5, 0.6) is 0 Å². The van der Waals surface area contributed by atoms with Crippen molar-refractivity contribution in [2.24, 2.45) is 0 Å². The molecule has 0 aliphatic heterocycles. The van der Waals surface area contributed by atoms with Crippen LogP contribution in [-0.4, -0.2) is 18.1 Å². The number of aromatic amines is 1. The zero-order valence-corrected chi connectivity index (χ0v) is 16.8. The van der Waals surface area contributed by atoms with Crippen LogP contribution in [0, 0.1) is 0 Å². The van der Waals surface area contributed by atoms with E-state index in [0.29, 0.717) is 0 Å². The van der Waals surface area contributed by atoms with E-state index >= 15 is 0 Å². The van der Waals surface area contributed by atoms with Crippen LogP contribution >= 0.6 is 0 Å². The van der Waals surface area contributed by atoms with Crippen molar-refractivity contribution in [3.05, 3.63) is 95.7 Å². The molecule has 0 saturated heterocycles. The molecule has 0 bridgehead atoms. The average Bonchev–Trinajstić information content (AvgIpc) is 3.12. The largest absolute Gasteiger partial charge is 0.398 e. The van der Waals surface area contributed by atoms with E-state index in [1.54, 1.807) is 0 Å². The highest BCUT2D eigenvalue weighted by atomic mass is 14.8. The second-order valence-electron chi connectivity index (χ2n) is 6.92. The van der Waals surface area contributed by atoms with Gasteiger partial charge < -0.3 is 16.0 Å². The fourth-order valence-electron chi connectivity index (χ4n) is 3.36. The van der Waals surface area contributed by atoms with Crippen molar-refractivity contribution < 1.29 is 0 Å². The monoisotopic (exact) mass is 371 g/mol. The van der Waals surface area contributed by atoms with Gasteiger partial charge in [0.15, 0.2) is 0 Å². The molecule has 0 atom stereocenters. The quantitative estimate of drug-likeness (QED) is 0.363. The van der Waals surface area contributed by atoms with Gasteiger partial charge in [-0.2, -0.15) is 0 Å². The number of rotatable bonds is 8. The van der Waals surface area contributed by atoms with E-state index in [2.05, 4.69) is 79.3 Å². The molecule has 0 spiro atoms. The highest BCUT2D eigenvalue weighted by Crippen LogP contribution is 2.25. The molecular weight excluding hydrogens is 342 g/mol. The van der Waals surface area contributed by atoms with Crippen molar-refractivity contribution in [1.82, 2.24) is 10.3 Å². The number of nitrogens with two attached hydrogens (primary N) is 1. The van der Waals surface area contributed by atoms with Crippen molar-refractivity contribution in [2.75, 3.05) is 18.8 Å². The number of likely N-dealkylation sites (N-methyl/N-ethyl adjacent to an activating group) is 1. The molecule has 3 nitrogen and oxygen atoms in total. The van der Waals surface area contributed by atoms with Gasteiger partial charge in [0, 0.05) is 29.9 Å². The standard InChI is InChI=1S/C25H29N3/c1-4-18(17-27-6-3)13-19(5-2)20-11-12-24(26)22(14-20)16-23-15-21-9-7-8-10-25(21)28-23/h4-5,7-15,27-28H,1,6,16-17,26H2,2-3H3/b18-13+,19-5+. The van der Waals surface area contributed by atoms with E-state index in [1.807, 2.05) is 18.2 Å². The Kier molecular flexibility index (Phi) is 6.51. The lowest BCUT2D eigenvalue weighted by Gasteiger charge is -2.11. The third-order valence-electron chi connectivity index (χ3n) is 4.94. The first-order valence-corrected chi connectivity index (χ1v) is 9.80. The van der Waals surface area contributed by atoms with Gasteiger partial charge in [0.05, 0.1) is 0 Å². The third-order valence-corrected chi connectivity index (χ3v) is 4.94. The Bertz CT molecular complexity index is 988. The Morgan fingerprint density at radius 1 is 1.18 bits per heavy atom. The van der Waals surface area contributed by atoms with Gasteiger partial charge in [0.25, 0.3) is 0 Å². The first-order valence-electron chi connectivity index (χ1n) is 9.80. The second-order valence-corrected chi connectivity index (χ2v) is 6.92. The topological polar surface area (TPSA) is 53.8 Å². The highest BCUT2D eigenvalue weighted by Gasteiger charge is 2.08. The summed E-state index contributed by atoms with van der Waals surface area (Å²) in [5.41, 5.74) is 14.1. The zero-order valence-electron chi connectivity index (χ0n) is 16.8. The number of para-hydroxylation sites is 1. The van der Waals surface area contributed by atoms with Crippen molar-refractivity contribution in [1.29, 1.82) is 0 Å². The first-order chi connectivity index (χ1) is 13.6. The lowest BCUT2D eigenvalue weighted by Crippen LogP contribution is -2.15. The van der Waals surface area contributed by atoms with Crippen LogP contribution in [-0.2, 0) is 6.42 Å². The third kappa shape index (κ3) is 4.62. The van der Waals surface area contributed by atoms with Gasteiger partial charge in [-0.05, 0) is 65.4 Å². The van der Waals surface area contributed by atoms with E-state index in [0.717, 1.165) is 36.3 Å². The van der Waals surface area contributed by atoms with E-state index in [-0.39, 0.29) is 0 Å². The molecule has 1 aromatic heterocycles. The Morgan fingerprint density at radius 2 is 2.00 bits per heavy atom. The summed E-state index contributed by atoms with van der Waals surface area (Å²) in [5, 5.41) is 4.58. The number of aromatic nitrogens is 1. The highest BCUT2D eigenvalue weighted by molar-refractivity contribution is 5.81. The van der Waals surface area contributed by atoms with E-state index in [4.69, 9.17) is 5.73 Å². The number of allylic oxidation sites excluding steroid dienone is 3. The maximum absolute atomic E-state index is 6.29. The minimum atomic E-state index is 0.779. The summed E-state index contributed by atoms with van der Waals surface area (Å²) < 4.78 is 0. The lowest BCUT2D eigenvalue weighted by atomic mass is 9.97. The van der Waals surface area contributed by atoms with Crippen molar-refractivity contribution in [2.45, 2.75) is 20.3 Å². The number of hydrogen-bond acceptors (Lipinski definition) is 2. The summed E-state index contributed by atoms with van der Waals surface area (Å²) in [5.74, 6) is 0. The molecule has 1 heterocycles. The van der Waals surface area contributed by atoms with Crippen molar-refractivity contribution in [3.63, 3.8) is 0 Å². The van der Waals surface area contributed by atoms with Crippen molar-refractivity contribution in [3.8, 4) is 0 Å². The summed E-state index contributed by atoms with van der Waals surface area (Å²) in [6.07, 6.45) is 7.01. The number of fused-ring (bicyclic) bond motifs is 1. The second kappa shape index (κ2) is 9.25. The molecule has 0 amide bonds. The molecule has 0 unspecified atom stereocenters. The van der Waals surface area contributed by atoms with Crippen LogP contribution < -0.4 is 11.1 Å². The summed E-state index contributed by atoms with van der Waals surface area (Å²) in [7, 11) is 0. The fourth-order valence-corrected chi connectivity index (χ4v) is 3.36. The normalized spacial score (nSPS) is 12.5. The average molecular weight is 372 g/mol. The maximum Gasteiger partial charge on any atom is 0.0456 e. The zero-order chi connectivity index (χ0) is 19.9. The Labute approximate surface area is 167 Å². The van der Waals surface area contributed by atoms with Crippen LogP contribution in [0.4, 0.5) is 5.69 Å². The minimum absolute atomic E-state index is 0.779. The predicted molar refractivity (Wildman–Crippen MR) is 122 cm³/mol. The molecule has 144 valence electrons. The smallest absolute Gasteiger partial charge is 0.0456 e. The first kappa shape index (κ1) is 19.7. The van der Waals surface area contributed by atoms with Gasteiger partial charge in [-0.3, -0.25) is 0 Å². The molecular formula is C25H29N3. The van der Waals surface area contributed by atoms with Gasteiger partial charge in [0.2, 0.25) is 0 Å². The molecule has 0 aliphatic rings. The predicted octanol–water partition coefficient (Wildman–Crippen LogP) is 5.47. The summed E-state index contributed by atoms with van der Waals surface area (Å²) >= 11 is 0. The summed E-state index contributed by atoms with van der Waals surface area (Å²) in [4.78, 5) is 3.49. The summed E-state index contributed by atoms with van der Waals surface area (Å²) in [6.45, 7) is 9.86. The molecule has 0 saturated carbocycles. The van der Waals surface area contributed by atoms with Gasteiger partial charge in [0.1, 0.15) is 0 Å². The molecule has 2 aromatic carbocycles. The Balaban J connectivity index is 1.89. The molecule has 3 heteroatoms. The number of anilines is 1. The fraction of sp³-hybridized carbons (Fsp3) is 0.200. The molecule has 3 aromatic rings. The Morgan fingerprint density at radius 3 is 2.71 bits per heavy atom. The molecule has 0 fully saturated rings. The number of nitrogens with one attached hydrogen (secondary N) is 2. The number of hydrogen-bond donors (Lipinski definition) is 3. The van der Waals surface area contributed by atoms with Crippen LogP contribution in [0.15, 0.2) is 78.9 Å². The van der Waals surface area contributed by atoms with Gasteiger partial charge in [-0.25, -0.2) is 0 Å². The van der Waals surface area contributed by atoms with E-state index in [9.17, 15) is 0 Å². The molecule has 4 N–H and O–H groups in total. The van der Waals surface area contributed by atoms with Gasteiger partial charge >= 0.3 is 0 Å². The number of H-pyrrole nitrogens is 1. The minimum Gasteiger partial charge on any atom is -0.398 e. The van der Waals surface area contributed by atoms with Crippen LogP contribution in [0.1, 0.15) is 30.7 Å². The molecule has 3 rings (SSSR count). The number of benzene rings is 2. The maximum atomic E-state index is 6.29. The van der Waals surface area contributed by atoms with Crippen LogP contribution in [0.3, 0.4) is 0 Å². The number of nitrogen functional groups attached to an aromatic ring is 1.